The summed E-state index contributed by atoms with van der Waals surface area (Å²) >= 11 is 0. The van der Waals surface area contributed by atoms with Crippen molar-refractivity contribution in [2.75, 3.05) is 18.9 Å². The molecular weight excluding hydrogens is 250 g/mol. The van der Waals surface area contributed by atoms with Crippen LogP contribution in [0.5, 0.6) is 5.75 Å². The molecule has 1 atom stereocenters. The van der Waals surface area contributed by atoms with Crippen molar-refractivity contribution in [2.24, 2.45) is 0 Å². The first-order valence-electron chi connectivity index (χ1n) is 6.98. The number of hydrogen-bond acceptors (Lipinski definition) is 4. The maximum Gasteiger partial charge on any atom is 0.138 e. The molecule has 0 saturated carbocycles. The Bertz CT molecular complexity index is 579. The van der Waals surface area contributed by atoms with Gasteiger partial charge in [-0.25, -0.2) is 0 Å². The molecule has 2 heterocycles. The number of nitrogens with two attached hydrogens (primary N) is 1. The van der Waals surface area contributed by atoms with Crippen LogP contribution in [0.2, 0.25) is 0 Å². The molecule has 0 radical (unpaired) electrons. The van der Waals surface area contributed by atoms with E-state index >= 15 is 0 Å². The summed E-state index contributed by atoms with van der Waals surface area (Å²) in [4.78, 5) is 4.25. The zero-order valence-corrected chi connectivity index (χ0v) is 11.4. The Labute approximate surface area is 119 Å². The summed E-state index contributed by atoms with van der Waals surface area (Å²) in [5.41, 5.74) is 8.65. The molecule has 0 bridgehead atoms. The molecule has 1 aliphatic heterocycles. The van der Waals surface area contributed by atoms with Crippen LogP contribution in [0.1, 0.15) is 12.8 Å². The summed E-state index contributed by atoms with van der Waals surface area (Å²) in [6, 6.07) is 10.3. The number of nitrogen functional groups attached to an aromatic ring is 1. The van der Waals surface area contributed by atoms with Gasteiger partial charge in [0.05, 0.1) is 6.20 Å². The van der Waals surface area contributed by atoms with Crippen molar-refractivity contribution in [3.63, 3.8) is 0 Å². The molecule has 3 N–H and O–H groups in total. The van der Waals surface area contributed by atoms with E-state index < -0.39 is 0 Å². The molecule has 4 nitrogen and oxygen atoms in total. The molecule has 1 fully saturated rings. The van der Waals surface area contributed by atoms with E-state index in [4.69, 9.17) is 10.5 Å². The third-order valence-corrected chi connectivity index (χ3v) is 3.55. The van der Waals surface area contributed by atoms with E-state index in [1.54, 1.807) is 6.20 Å². The van der Waals surface area contributed by atoms with Gasteiger partial charge in [-0.2, -0.15) is 0 Å². The molecule has 3 rings (SSSR count). The fourth-order valence-electron chi connectivity index (χ4n) is 2.47. The van der Waals surface area contributed by atoms with E-state index in [1.165, 1.54) is 12.8 Å². The fraction of sp³-hybridized carbons (Fsp3) is 0.312. The van der Waals surface area contributed by atoms with E-state index in [0.717, 1.165) is 29.1 Å². The van der Waals surface area contributed by atoms with Gasteiger partial charge in [-0.15, -0.1) is 0 Å². The van der Waals surface area contributed by atoms with Crippen molar-refractivity contribution < 1.29 is 4.74 Å². The monoisotopic (exact) mass is 269 g/mol. The van der Waals surface area contributed by atoms with Gasteiger partial charge < -0.3 is 15.8 Å². The lowest BCUT2D eigenvalue weighted by Crippen LogP contribution is -2.28. The van der Waals surface area contributed by atoms with Crippen LogP contribution in [-0.2, 0) is 0 Å². The van der Waals surface area contributed by atoms with Crippen LogP contribution < -0.4 is 15.8 Å². The first-order valence-corrected chi connectivity index (χ1v) is 6.98. The van der Waals surface area contributed by atoms with Crippen LogP contribution in [0.15, 0.2) is 42.7 Å². The molecule has 0 amide bonds. The Balaban J connectivity index is 1.72. The normalized spacial score (nSPS) is 18.1. The topological polar surface area (TPSA) is 60.2 Å². The van der Waals surface area contributed by atoms with Crippen molar-refractivity contribution in [3.05, 3.63) is 42.7 Å². The van der Waals surface area contributed by atoms with Crippen LogP contribution in [-0.4, -0.2) is 24.2 Å². The highest BCUT2D eigenvalue weighted by Crippen LogP contribution is 2.24. The number of nitrogens with one attached hydrogen (secondary N) is 1. The highest BCUT2D eigenvalue weighted by atomic mass is 16.5. The van der Waals surface area contributed by atoms with Crippen LogP contribution in [0.3, 0.4) is 0 Å². The van der Waals surface area contributed by atoms with E-state index in [-0.39, 0.29) is 0 Å². The molecular formula is C16H19N3O. The Hall–Kier alpha value is -2.07. The third-order valence-electron chi connectivity index (χ3n) is 3.55. The summed E-state index contributed by atoms with van der Waals surface area (Å²) in [5, 5.41) is 3.42. The van der Waals surface area contributed by atoms with Crippen molar-refractivity contribution in [1.29, 1.82) is 0 Å². The minimum absolute atomic E-state index is 0.464. The summed E-state index contributed by atoms with van der Waals surface area (Å²) in [6.45, 7) is 1.79. The molecule has 1 aromatic heterocycles. The molecule has 104 valence electrons. The van der Waals surface area contributed by atoms with Crippen LogP contribution in [0.4, 0.5) is 5.69 Å². The second-order valence-corrected chi connectivity index (χ2v) is 5.14. The predicted molar refractivity (Wildman–Crippen MR) is 80.6 cm³/mol. The Kier molecular flexibility index (Phi) is 3.83. The van der Waals surface area contributed by atoms with Gasteiger partial charge >= 0.3 is 0 Å². The Morgan fingerprint density at radius 2 is 2.20 bits per heavy atom. The van der Waals surface area contributed by atoms with Gasteiger partial charge in [-0.3, -0.25) is 4.98 Å². The lowest BCUT2D eigenvalue weighted by molar-refractivity contribution is 0.276. The second kappa shape index (κ2) is 5.92. The number of rotatable bonds is 4. The average Bonchev–Trinajstić information content (AvgIpc) is 2.99. The molecule has 0 unspecified atom stereocenters. The second-order valence-electron chi connectivity index (χ2n) is 5.14. The quantitative estimate of drug-likeness (QED) is 0.837. The van der Waals surface area contributed by atoms with Gasteiger partial charge in [0.15, 0.2) is 0 Å². The van der Waals surface area contributed by atoms with Crippen LogP contribution >= 0.6 is 0 Å². The Morgan fingerprint density at radius 1 is 1.25 bits per heavy atom. The third kappa shape index (κ3) is 3.08. The van der Waals surface area contributed by atoms with Gasteiger partial charge in [-0.1, -0.05) is 12.1 Å². The highest BCUT2D eigenvalue weighted by molar-refractivity contribution is 5.67. The fourth-order valence-corrected chi connectivity index (χ4v) is 2.47. The maximum atomic E-state index is 5.83. The molecule has 20 heavy (non-hydrogen) atoms. The van der Waals surface area contributed by atoms with E-state index in [1.807, 2.05) is 36.5 Å². The summed E-state index contributed by atoms with van der Waals surface area (Å²) < 4.78 is 5.83. The van der Waals surface area contributed by atoms with Crippen molar-refractivity contribution in [3.8, 4) is 16.9 Å². The van der Waals surface area contributed by atoms with Gasteiger partial charge in [0.1, 0.15) is 12.4 Å². The van der Waals surface area contributed by atoms with Crippen LogP contribution in [0.25, 0.3) is 11.1 Å². The molecule has 2 aromatic rings. The number of anilines is 1. The molecule has 0 spiro atoms. The zero-order chi connectivity index (χ0) is 13.8. The molecule has 1 aromatic carbocycles. The first kappa shape index (κ1) is 12.9. The summed E-state index contributed by atoms with van der Waals surface area (Å²) in [6.07, 6.45) is 6.00. The molecule has 1 aliphatic rings. The number of aromatic nitrogens is 1. The number of ether oxygens (including phenoxy) is 1. The summed E-state index contributed by atoms with van der Waals surface area (Å²) in [7, 11) is 0. The lowest BCUT2D eigenvalue weighted by atomic mass is 10.1. The molecule has 1 saturated heterocycles. The number of pyridine rings is 1. The minimum atomic E-state index is 0.464. The summed E-state index contributed by atoms with van der Waals surface area (Å²) in [5.74, 6) is 0.804. The SMILES string of the molecule is Nc1cccc(-c2cncc(OC[C@H]3CCCN3)c2)c1. The number of benzene rings is 1. The van der Waals surface area contributed by atoms with Crippen molar-refractivity contribution in [2.45, 2.75) is 18.9 Å². The van der Waals surface area contributed by atoms with Crippen molar-refractivity contribution >= 4 is 5.69 Å². The lowest BCUT2D eigenvalue weighted by Gasteiger charge is -2.12. The van der Waals surface area contributed by atoms with E-state index in [9.17, 15) is 0 Å². The largest absolute Gasteiger partial charge is 0.490 e. The smallest absolute Gasteiger partial charge is 0.138 e. The average molecular weight is 269 g/mol. The maximum absolute atomic E-state index is 5.83. The van der Waals surface area contributed by atoms with Gasteiger partial charge in [0.25, 0.3) is 0 Å². The van der Waals surface area contributed by atoms with Gasteiger partial charge in [0, 0.05) is 23.5 Å². The number of nitrogens with zero attached hydrogens (tertiary/aromatic N) is 1. The predicted octanol–water partition coefficient (Wildman–Crippen LogP) is 2.46. The van der Waals surface area contributed by atoms with Crippen LogP contribution in [0, 0.1) is 0 Å². The minimum Gasteiger partial charge on any atom is -0.490 e. The number of hydrogen-bond donors (Lipinski definition) is 2. The van der Waals surface area contributed by atoms with Gasteiger partial charge in [0.2, 0.25) is 0 Å². The standard InChI is InChI=1S/C16H19N3O/c17-14-4-1-3-12(7-14)13-8-16(10-18-9-13)20-11-15-5-2-6-19-15/h1,3-4,7-10,15,19H,2,5-6,11,17H2/t15-/m1/s1. The molecule has 4 heteroatoms. The zero-order valence-electron chi connectivity index (χ0n) is 11.4. The van der Waals surface area contributed by atoms with E-state index in [0.29, 0.717) is 12.6 Å². The van der Waals surface area contributed by atoms with E-state index in [2.05, 4.69) is 10.3 Å². The highest BCUT2D eigenvalue weighted by Gasteiger charge is 2.14. The van der Waals surface area contributed by atoms with Gasteiger partial charge in [-0.05, 0) is 43.1 Å². The molecule has 0 aliphatic carbocycles. The first-order chi connectivity index (χ1) is 9.81. The Morgan fingerprint density at radius 3 is 3.00 bits per heavy atom. The van der Waals surface area contributed by atoms with Crippen molar-refractivity contribution in [1.82, 2.24) is 10.3 Å².